The van der Waals surface area contributed by atoms with Crippen molar-refractivity contribution < 1.29 is 9.53 Å². The summed E-state index contributed by atoms with van der Waals surface area (Å²) in [6, 6.07) is 3.71. The molecule has 0 saturated carbocycles. The van der Waals surface area contributed by atoms with E-state index in [1.807, 2.05) is 6.07 Å². The summed E-state index contributed by atoms with van der Waals surface area (Å²) in [5, 5.41) is 11.5. The van der Waals surface area contributed by atoms with E-state index in [1.165, 1.54) is 0 Å². The molecule has 0 aliphatic carbocycles. The summed E-state index contributed by atoms with van der Waals surface area (Å²) in [6.07, 6.45) is 1.72. The summed E-state index contributed by atoms with van der Waals surface area (Å²) in [7, 11) is 1.77. The lowest BCUT2D eigenvalue weighted by Crippen LogP contribution is -2.44. The Labute approximate surface area is 143 Å². The van der Waals surface area contributed by atoms with Gasteiger partial charge in [-0.05, 0) is 19.1 Å². The molecule has 3 aromatic heterocycles. The van der Waals surface area contributed by atoms with Crippen molar-refractivity contribution in [3.05, 3.63) is 23.9 Å². The fourth-order valence-electron chi connectivity index (χ4n) is 3.23. The lowest BCUT2D eigenvalue weighted by atomic mass is 10.1. The van der Waals surface area contributed by atoms with Crippen LogP contribution in [0, 0.1) is 0 Å². The first-order chi connectivity index (χ1) is 12.1. The van der Waals surface area contributed by atoms with E-state index in [0.717, 1.165) is 0 Å². The van der Waals surface area contributed by atoms with Crippen molar-refractivity contribution in [1.29, 1.82) is 0 Å². The predicted octanol–water partition coefficient (Wildman–Crippen LogP) is 0.682. The number of carbonyl (C=O) groups is 1. The summed E-state index contributed by atoms with van der Waals surface area (Å²) in [6.45, 7) is 4.00. The van der Waals surface area contributed by atoms with Crippen molar-refractivity contribution in [1.82, 2.24) is 25.0 Å². The zero-order valence-electron chi connectivity index (χ0n) is 14.1. The molecule has 1 saturated heterocycles. The molecular weight excluding hydrogens is 322 g/mol. The van der Waals surface area contributed by atoms with Crippen LogP contribution in [0.5, 0.6) is 0 Å². The molecule has 4 rings (SSSR count). The molecule has 3 aromatic rings. The number of nitrogens with one attached hydrogen (secondary N) is 1. The quantitative estimate of drug-likeness (QED) is 0.724. The van der Waals surface area contributed by atoms with Crippen molar-refractivity contribution in [2.24, 2.45) is 12.8 Å². The molecule has 3 N–H and O–H groups in total. The maximum absolute atomic E-state index is 12.1. The van der Waals surface area contributed by atoms with Crippen LogP contribution in [0.15, 0.2) is 18.3 Å². The van der Waals surface area contributed by atoms with Crippen molar-refractivity contribution in [3.8, 4) is 11.4 Å². The normalized spacial score (nSPS) is 18.0. The average molecular weight is 341 g/mol. The maximum Gasteiger partial charge on any atom is 0.251 e. The number of primary amides is 1. The highest BCUT2D eigenvalue weighted by atomic mass is 16.5. The predicted molar refractivity (Wildman–Crippen MR) is 92.2 cm³/mol. The molecule has 25 heavy (non-hydrogen) atoms. The Hall–Kier alpha value is -2.94. The average Bonchev–Trinajstić information content (AvgIpc) is 3.22. The number of H-pyrrole nitrogens is 1. The maximum atomic E-state index is 12.1. The van der Waals surface area contributed by atoms with Gasteiger partial charge in [0, 0.05) is 19.8 Å². The van der Waals surface area contributed by atoms with Gasteiger partial charge in [-0.2, -0.15) is 10.2 Å². The van der Waals surface area contributed by atoms with E-state index >= 15 is 0 Å². The number of amides is 1. The third-order valence-electron chi connectivity index (χ3n) is 4.45. The standard InChI is InChI=1S/C16H19N7O2/c1-9-8-25-6-5-23(9)12-7-10(16(17)24)15-14(19-12)13(21-22(15)2)11-3-4-18-20-11/h3-4,7,9H,5-6,8H2,1-2H3,(H2,17,24)(H,18,20). The fourth-order valence-corrected chi connectivity index (χ4v) is 3.23. The van der Waals surface area contributed by atoms with Gasteiger partial charge < -0.3 is 15.4 Å². The van der Waals surface area contributed by atoms with Crippen LogP contribution in [-0.2, 0) is 11.8 Å². The van der Waals surface area contributed by atoms with Gasteiger partial charge >= 0.3 is 0 Å². The molecular formula is C16H19N7O2. The van der Waals surface area contributed by atoms with Gasteiger partial charge in [0.2, 0.25) is 0 Å². The van der Waals surface area contributed by atoms with E-state index in [1.54, 1.807) is 24.0 Å². The number of hydrogen-bond donors (Lipinski definition) is 2. The largest absolute Gasteiger partial charge is 0.377 e. The van der Waals surface area contributed by atoms with Crippen LogP contribution in [-0.4, -0.2) is 56.7 Å². The molecule has 1 aliphatic heterocycles. The monoisotopic (exact) mass is 341 g/mol. The van der Waals surface area contributed by atoms with Crippen LogP contribution < -0.4 is 10.6 Å². The van der Waals surface area contributed by atoms with Gasteiger partial charge in [0.1, 0.15) is 28.2 Å². The number of pyridine rings is 1. The first-order valence-electron chi connectivity index (χ1n) is 8.08. The van der Waals surface area contributed by atoms with Gasteiger partial charge in [0.25, 0.3) is 5.91 Å². The van der Waals surface area contributed by atoms with Crippen molar-refractivity contribution in [2.75, 3.05) is 24.7 Å². The zero-order chi connectivity index (χ0) is 17.6. The molecule has 4 heterocycles. The van der Waals surface area contributed by atoms with E-state index in [2.05, 4.69) is 27.1 Å². The Morgan fingerprint density at radius 2 is 2.32 bits per heavy atom. The molecule has 0 spiro atoms. The minimum atomic E-state index is -0.508. The lowest BCUT2D eigenvalue weighted by Gasteiger charge is -2.34. The number of carbonyl (C=O) groups excluding carboxylic acids is 1. The van der Waals surface area contributed by atoms with Gasteiger partial charge in [-0.3, -0.25) is 14.6 Å². The molecule has 0 bridgehead atoms. The molecule has 1 unspecified atom stereocenters. The van der Waals surface area contributed by atoms with E-state index in [4.69, 9.17) is 15.5 Å². The smallest absolute Gasteiger partial charge is 0.251 e. The molecule has 1 aliphatic rings. The number of nitrogens with zero attached hydrogens (tertiary/aromatic N) is 5. The van der Waals surface area contributed by atoms with Crippen LogP contribution in [0.1, 0.15) is 17.3 Å². The number of aryl methyl sites for hydroxylation is 1. The Bertz CT molecular complexity index is 932. The molecule has 9 heteroatoms. The Kier molecular flexibility index (Phi) is 3.65. The number of fused-ring (bicyclic) bond motifs is 1. The zero-order valence-corrected chi connectivity index (χ0v) is 14.1. The van der Waals surface area contributed by atoms with Crippen molar-refractivity contribution >= 4 is 22.8 Å². The summed E-state index contributed by atoms with van der Waals surface area (Å²) >= 11 is 0. The molecule has 1 atom stereocenters. The van der Waals surface area contributed by atoms with Gasteiger partial charge in [-0.25, -0.2) is 4.98 Å². The number of rotatable bonds is 3. The molecule has 0 radical (unpaired) electrons. The summed E-state index contributed by atoms with van der Waals surface area (Å²) in [4.78, 5) is 19.0. The fraction of sp³-hybridized carbons (Fsp3) is 0.375. The number of ether oxygens (including phenoxy) is 1. The SMILES string of the molecule is CC1COCCN1c1cc(C(N)=O)c2c(n1)c(-c1cc[nH]n1)nn2C. The van der Waals surface area contributed by atoms with E-state index in [0.29, 0.717) is 53.6 Å². The third-order valence-corrected chi connectivity index (χ3v) is 4.45. The third kappa shape index (κ3) is 2.52. The van der Waals surface area contributed by atoms with Crippen LogP contribution in [0.2, 0.25) is 0 Å². The van der Waals surface area contributed by atoms with Crippen molar-refractivity contribution in [2.45, 2.75) is 13.0 Å². The molecule has 9 nitrogen and oxygen atoms in total. The highest BCUT2D eigenvalue weighted by Gasteiger charge is 2.25. The first-order valence-corrected chi connectivity index (χ1v) is 8.08. The van der Waals surface area contributed by atoms with E-state index in [9.17, 15) is 4.79 Å². The minimum absolute atomic E-state index is 0.157. The number of aromatic amines is 1. The molecule has 1 amide bonds. The van der Waals surface area contributed by atoms with Gasteiger partial charge in [-0.15, -0.1) is 0 Å². The van der Waals surface area contributed by atoms with E-state index < -0.39 is 5.91 Å². The van der Waals surface area contributed by atoms with Gasteiger partial charge in [-0.1, -0.05) is 0 Å². The van der Waals surface area contributed by atoms with Crippen LogP contribution >= 0.6 is 0 Å². The number of morpholine rings is 1. The summed E-state index contributed by atoms with van der Waals surface area (Å²) < 4.78 is 7.12. The Balaban J connectivity index is 1.97. The second kappa shape index (κ2) is 5.85. The number of anilines is 1. The van der Waals surface area contributed by atoms with Crippen LogP contribution in [0.25, 0.3) is 22.4 Å². The summed E-state index contributed by atoms with van der Waals surface area (Å²) in [5.41, 5.74) is 8.54. The van der Waals surface area contributed by atoms with Crippen molar-refractivity contribution in [3.63, 3.8) is 0 Å². The number of hydrogen-bond acceptors (Lipinski definition) is 6. The van der Waals surface area contributed by atoms with Crippen LogP contribution in [0.4, 0.5) is 5.82 Å². The van der Waals surface area contributed by atoms with Crippen LogP contribution in [0.3, 0.4) is 0 Å². The van der Waals surface area contributed by atoms with Gasteiger partial charge in [0.05, 0.1) is 24.8 Å². The Morgan fingerprint density at radius 1 is 1.48 bits per heavy atom. The van der Waals surface area contributed by atoms with Gasteiger partial charge in [0.15, 0.2) is 0 Å². The lowest BCUT2D eigenvalue weighted by molar-refractivity contribution is 0.0984. The second-order valence-corrected chi connectivity index (χ2v) is 6.14. The molecule has 130 valence electrons. The van der Waals surface area contributed by atoms with E-state index in [-0.39, 0.29) is 6.04 Å². The highest BCUT2D eigenvalue weighted by molar-refractivity contribution is 6.07. The number of aromatic nitrogens is 5. The topological polar surface area (TPSA) is 115 Å². The number of nitrogens with two attached hydrogens (primary N) is 1. The molecule has 1 fully saturated rings. The minimum Gasteiger partial charge on any atom is -0.377 e. The first kappa shape index (κ1) is 15.6. The second-order valence-electron chi connectivity index (χ2n) is 6.14. The Morgan fingerprint density at radius 3 is 3.00 bits per heavy atom. The summed E-state index contributed by atoms with van der Waals surface area (Å²) in [5.74, 6) is 0.188. The highest BCUT2D eigenvalue weighted by Crippen LogP contribution is 2.30. The molecule has 0 aromatic carbocycles.